The van der Waals surface area contributed by atoms with Crippen molar-refractivity contribution in [2.75, 3.05) is 5.32 Å². The monoisotopic (exact) mass is 340 g/mol. The van der Waals surface area contributed by atoms with Crippen LogP contribution in [0.2, 0.25) is 0 Å². The second-order valence-electron chi connectivity index (χ2n) is 4.66. The molecule has 3 nitrogen and oxygen atoms in total. The Labute approximate surface area is 131 Å². The molecule has 0 fully saturated rings. The highest BCUT2D eigenvalue weighted by Gasteiger charge is 2.10. The molecule has 4 heteroatoms. The molecule has 0 atom stereocenters. The minimum Gasteiger partial charge on any atom is -0.322 e. The molecule has 0 saturated carbocycles. The van der Waals surface area contributed by atoms with Crippen LogP contribution in [-0.4, -0.2) is 10.9 Å². The van der Waals surface area contributed by atoms with E-state index >= 15 is 0 Å². The second-order valence-corrected chi connectivity index (χ2v) is 5.22. The predicted octanol–water partition coefficient (Wildman–Crippen LogP) is 4.38. The van der Waals surface area contributed by atoms with Gasteiger partial charge in [-0.15, -0.1) is 0 Å². The third kappa shape index (κ3) is 2.95. The van der Waals surface area contributed by atoms with E-state index in [9.17, 15) is 4.79 Å². The Balaban J connectivity index is 1.93. The van der Waals surface area contributed by atoms with Gasteiger partial charge in [0.25, 0.3) is 5.91 Å². The molecule has 3 aromatic rings. The number of amides is 1. The molecular formula is C17H13BrN2O. The number of carbonyl (C=O) groups is 1. The molecule has 1 N–H and O–H groups in total. The number of carbonyl (C=O) groups excluding carboxylic acids is 1. The molecule has 1 heterocycles. The molecule has 0 radical (unpaired) electrons. The van der Waals surface area contributed by atoms with Gasteiger partial charge in [-0.2, -0.15) is 0 Å². The average molecular weight is 341 g/mol. The lowest BCUT2D eigenvalue weighted by Gasteiger charge is -2.08. The van der Waals surface area contributed by atoms with Crippen LogP contribution < -0.4 is 5.32 Å². The first-order valence-electron chi connectivity index (χ1n) is 6.58. The van der Waals surface area contributed by atoms with Crippen molar-refractivity contribution >= 4 is 38.4 Å². The number of hydrogen-bond donors (Lipinski definition) is 1. The zero-order valence-electron chi connectivity index (χ0n) is 11.2. The molecule has 104 valence electrons. The van der Waals surface area contributed by atoms with Crippen LogP contribution in [0, 0.1) is 0 Å². The Bertz CT molecular complexity index is 796. The molecule has 21 heavy (non-hydrogen) atoms. The number of fused-ring (bicyclic) bond motifs is 1. The van der Waals surface area contributed by atoms with E-state index in [4.69, 9.17) is 0 Å². The van der Waals surface area contributed by atoms with Gasteiger partial charge in [0.2, 0.25) is 0 Å². The normalized spacial score (nSPS) is 10.5. The van der Waals surface area contributed by atoms with E-state index in [0.29, 0.717) is 5.56 Å². The minimum atomic E-state index is -0.125. The van der Waals surface area contributed by atoms with Gasteiger partial charge in [-0.1, -0.05) is 40.2 Å². The number of pyridine rings is 1. The quantitative estimate of drug-likeness (QED) is 0.718. The van der Waals surface area contributed by atoms with E-state index in [1.807, 2.05) is 54.6 Å². The molecule has 0 spiro atoms. The zero-order valence-corrected chi connectivity index (χ0v) is 12.8. The van der Waals surface area contributed by atoms with Crippen molar-refractivity contribution in [3.05, 3.63) is 71.9 Å². The van der Waals surface area contributed by atoms with Gasteiger partial charge >= 0.3 is 0 Å². The van der Waals surface area contributed by atoms with Crippen LogP contribution in [0.5, 0.6) is 0 Å². The van der Waals surface area contributed by atoms with Crippen LogP contribution in [0.4, 0.5) is 5.69 Å². The van der Waals surface area contributed by atoms with Crippen LogP contribution in [-0.2, 0) is 5.33 Å². The summed E-state index contributed by atoms with van der Waals surface area (Å²) in [6.07, 6.45) is 1.73. The summed E-state index contributed by atoms with van der Waals surface area (Å²) in [6.45, 7) is 0. The molecule has 0 bridgehead atoms. The highest BCUT2D eigenvalue weighted by molar-refractivity contribution is 9.08. The van der Waals surface area contributed by atoms with Gasteiger partial charge in [0.05, 0.1) is 5.52 Å². The lowest BCUT2D eigenvalue weighted by atomic mass is 10.1. The number of anilines is 1. The zero-order chi connectivity index (χ0) is 14.7. The van der Waals surface area contributed by atoms with Crippen LogP contribution in [0.1, 0.15) is 15.9 Å². The van der Waals surface area contributed by atoms with Crippen molar-refractivity contribution in [3.63, 3.8) is 0 Å². The lowest BCUT2D eigenvalue weighted by Crippen LogP contribution is -2.12. The maximum Gasteiger partial charge on any atom is 0.256 e. The molecule has 0 saturated heterocycles. The van der Waals surface area contributed by atoms with Gasteiger partial charge in [0, 0.05) is 28.2 Å². The smallest absolute Gasteiger partial charge is 0.256 e. The van der Waals surface area contributed by atoms with Crippen molar-refractivity contribution < 1.29 is 4.79 Å². The third-order valence-corrected chi connectivity index (χ3v) is 3.88. The topological polar surface area (TPSA) is 42.0 Å². The highest BCUT2D eigenvalue weighted by Crippen LogP contribution is 2.19. The molecule has 0 aliphatic carbocycles. The Morgan fingerprint density at radius 1 is 1.10 bits per heavy atom. The molecule has 3 rings (SSSR count). The van der Waals surface area contributed by atoms with E-state index in [2.05, 4.69) is 26.2 Å². The molecule has 0 aliphatic rings. The molecule has 1 amide bonds. The van der Waals surface area contributed by atoms with E-state index in [1.54, 1.807) is 6.20 Å². The predicted molar refractivity (Wildman–Crippen MR) is 88.8 cm³/mol. The van der Waals surface area contributed by atoms with Gasteiger partial charge < -0.3 is 5.32 Å². The van der Waals surface area contributed by atoms with Crippen LogP contribution >= 0.6 is 15.9 Å². The summed E-state index contributed by atoms with van der Waals surface area (Å²) in [4.78, 5) is 16.7. The fraction of sp³-hybridized carbons (Fsp3) is 0.0588. The Hall–Kier alpha value is -2.20. The average Bonchev–Trinajstić information content (AvgIpc) is 2.54. The van der Waals surface area contributed by atoms with E-state index in [1.165, 1.54) is 0 Å². The van der Waals surface area contributed by atoms with Crippen molar-refractivity contribution in [3.8, 4) is 0 Å². The highest BCUT2D eigenvalue weighted by atomic mass is 79.9. The van der Waals surface area contributed by atoms with Crippen molar-refractivity contribution in [1.82, 2.24) is 4.98 Å². The fourth-order valence-corrected chi connectivity index (χ4v) is 2.58. The number of hydrogen-bond acceptors (Lipinski definition) is 2. The SMILES string of the molecule is O=C(Nc1cccc(CBr)c1)c1cccc2ncccc12. The first kappa shape index (κ1) is 13.8. The Kier molecular flexibility index (Phi) is 3.97. The van der Waals surface area contributed by atoms with Gasteiger partial charge in [0.1, 0.15) is 0 Å². The molecule has 2 aromatic carbocycles. The van der Waals surface area contributed by atoms with Crippen molar-refractivity contribution in [2.45, 2.75) is 5.33 Å². The number of alkyl halides is 1. The first-order chi connectivity index (χ1) is 10.3. The molecule has 0 aliphatic heterocycles. The Morgan fingerprint density at radius 3 is 2.81 bits per heavy atom. The summed E-state index contributed by atoms with van der Waals surface area (Å²) in [5, 5.41) is 4.55. The molecule has 1 aromatic heterocycles. The van der Waals surface area contributed by atoms with Crippen LogP contribution in [0.3, 0.4) is 0 Å². The van der Waals surface area contributed by atoms with E-state index in [0.717, 1.165) is 27.5 Å². The van der Waals surface area contributed by atoms with E-state index in [-0.39, 0.29) is 5.91 Å². The lowest BCUT2D eigenvalue weighted by molar-refractivity contribution is 0.102. The maximum atomic E-state index is 12.5. The second kappa shape index (κ2) is 6.06. The minimum absolute atomic E-state index is 0.125. The largest absolute Gasteiger partial charge is 0.322 e. The van der Waals surface area contributed by atoms with Gasteiger partial charge in [-0.05, 0) is 35.9 Å². The number of benzene rings is 2. The number of rotatable bonds is 3. The summed E-state index contributed by atoms with van der Waals surface area (Å²) in [5.41, 5.74) is 3.36. The molecular weight excluding hydrogens is 328 g/mol. The molecule has 0 unspecified atom stereocenters. The van der Waals surface area contributed by atoms with Gasteiger partial charge in [0.15, 0.2) is 0 Å². The van der Waals surface area contributed by atoms with Crippen molar-refractivity contribution in [2.24, 2.45) is 0 Å². The number of nitrogens with zero attached hydrogens (tertiary/aromatic N) is 1. The standard InChI is InChI=1S/C17H13BrN2O/c18-11-12-4-1-5-13(10-12)20-17(21)15-6-2-8-16-14(15)7-3-9-19-16/h1-10H,11H2,(H,20,21). The van der Waals surface area contributed by atoms with Gasteiger partial charge in [-0.3, -0.25) is 9.78 Å². The number of halogens is 1. The summed E-state index contributed by atoms with van der Waals surface area (Å²) in [7, 11) is 0. The summed E-state index contributed by atoms with van der Waals surface area (Å²) in [5.74, 6) is -0.125. The number of nitrogens with one attached hydrogen (secondary N) is 1. The van der Waals surface area contributed by atoms with Crippen molar-refractivity contribution in [1.29, 1.82) is 0 Å². The van der Waals surface area contributed by atoms with Gasteiger partial charge in [-0.25, -0.2) is 0 Å². The number of aromatic nitrogens is 1. The van der Waals surface area contributed by atoms with Crippen LogP contribution in [0.25, 0.3) is 10.9 Å². The first-order valence-corrected chi connectivity index (χ1v) is 7.70. The maximum absolute atomic E-state index is 12.5. The summed E-state index contributed by atoms with van der Waals surface area (Å²) >= 11 is 3.41. The Morgan fingerprint density at radius 2 is 1.95 bits per heavy atom. The van der Waals surface area contributed by atoms with E-state index < -0.39 is 0 Å². The summed E-state index contributed by atoms with van der Waals surface area (Å²) in [6, 6.07) is 17.1. The third-order valence-electron chi connectivity index (χ3n) is 3.23. The van der Waals surface area contributed by atoms with Crippen LogP contribution in [0.15, 0.2) is 60.8 Å². The summed E-state index contributed by atoms with van der Waals surface area (Å²) < 4.78 is 0. The fourth-order valence-electron chi connectivity index (χ4n) is 2.23.